The maximum absolute atomic E-state index is 10.3. The summed E-state index contributed by atoms with van der Waals surface area (Å²) >= 11 is 0. The molecule has 0 bridgehead atoms. The molecule has 0 saturated carbocycles. The molecule has 0 atom stereocenters. The highest BCUT2D eigenvalue weighted by Crippen LogP contribution is 2.31. The minimum atomic E-state index is -3.88. The van der Waals surface area contributed by atoms with Gasteiger partial charge in [-0.15, -0.1) is 0 Å². The highest BCUT2D eigenvalue weighted by atomic mass is 31.2. The molecule has 0 aliphatic carbocycles. The Bertz CT molecular complexity index is 149. The van der Waals surface area contributed by atoms with E-state index in [0.717, 1.165) is 6.54 Å². The minimum absolute atomic E-state index is 0.267. The number of nitrogens with one attached hydrogen (secondary N) is 2. The SMILES string of the molecule is NCCNCCNCP(=O)(O)O. The fourth-order valence-corrected chi connectivity index (χ4v) is 1.08. The molecule has 0 heterocycles. The lowest BCUT2D eigenvalue weighted by atomic mass is 10.6. The van der Waals surface area contributed by atoms with E-state index in [2.05, 4.69) is 10.6 Å². The average Bonchev–Trinajstić information content (AvgIpc) is 1.94. The second kappa shape index (κ2) is 6.54. The Balaban J connectivity index is 3.06. The first kappa shape index (κ1) is 12.0. The molecule has 74 valence electrons. The van der Waals surface area contributed by atoms with Gasteiger partial charge in [0.15, 0.2) is 0 Å². The second-order valence-electron chi connectivity index (χ2n) is 2.36. The Kier molecular flexibility index (Phi) is 6.55. The topological polar surface area (TPSA) is 108 Å². The van der Waals surface area contributed by atoms with Crippen LogP contribution in [-0.2, 0) is 4.57 Å². The van der Waals surface area contributed by atoms with Gasteiger partial charge in [-0.3, -0.25) is 4.57 Å². The Labute approximate surface area is 71.7 Å². The van der Waals surface area contributed by atoms with Crippen LogP contribution in [0.15, 0.2) is 0 Å². The summed E-state index contributed by atoms with van der Waals surface area (Å²) in [5, 5.41) is 5.60. The van der Waals surface area contributed by atoms with Gasteiger partial charge >= 0.3 is 7.60 Å². The van der Waals surface area contributed by atoms with E-state index in [-0.39, 0.29) is 6.29 Å². The molecule has 0 unspecified atom stereocenters. The van der Waals surface area contributed by atoms with Gasteiger partial charge in [-0.05, 0) is 0 Å². The lowest BCUT2D eigenvalue weighted by molar-refractivity contribution is 0.368. The van der Waals surface area contributed by atoms with Crippen LogP contribution < -0.4 is 16.4 Å². The van der Waals surface area contributed by atoms with Crippen molar-refractivity contribution in [2.45, 2.75) is 0 Å². The predicted molar refractivity (Wildman–Crippen MR) is 46.8 cm³/mol. The second-order valence-corrected chi connectivity index (χ2v) is 4.01. The summed E-state index contributed by atoms with van der Waals surface area (Å²) in [6, 6.07) is 0. The summed E-state index contributed by atoms with van der Waals surface area (Å²) in [5.41, 5.74) is 5.21. The third-order valence-electron chi connectivity index (χ3n) is 1.12. The van der Waals surface area contributed by atoms with Gasteiger partial charge < -0.3 is 26.2 Å². The van der Waals surface area contributed by atoms with Crippen molar-refractivity contribution in [2.75, 3.05) is 32.5 Å². The van der Waals surface area contributed by atoms with Crippen LogP contribution in [0.3, 0.4) is 0 Å². The van der Waals surface area contributed by atoms with Crippen molar-refractivity contribution < 1.29 is 14.4 Å². The molecule has 0 radical (unpaired) electrons. The molecule has 12 heavy (non-hydrogen) atoms. The van der Waals surface area contributed by atoms with Crippen LogP contribution in [0.1, 0.15) is 0 Å². The van der Waals surface area contributed by atoms with Gasteiger partial charge in [0.1, 0.15) is 0 Å². The van der Waals surface area contributed by atoms with E-state index < -0.39 is 7.60 Å². The van der Waals surface area contributed by atoms with E-state index in [1.165, 1.54) is 0 Å². The van der Waals surface area contributed by atoms with Gasteiger partial charge in [-0.1, -0.05) is 0 Å². The average molecular weight is 197 g/mol. The van der Waals surface area contributed by atoms with E-state index in [9.17, 15) is 4.57 Å². The number of nitrogens with two attached hydrogens (primary N) is 1. The minimum Gasteiger partial charge on any atom is -0.329 e. The van der Waals surface area contributed by atoms with Gasteiger partial charge in [0.25, 0.3) is 0 Å². The van der Waals surface area contributed by atoms with Crippen molar-refractivity contribution in [3.8, 4) is 0 Å². The molecule has 0 aromatic heterocycles. The molecule has 0 amide bonds. The number of hydrogen-bond donors (Lipinski definition) is 5. The first-order chi connectivity index (χ1) is 5.56. The van der Waals surface area contributed by atoms with Crippen LogP contribution in [-0.4, -0.2) is 42.3 Å². The maximum Gasteiger partial charge on any atom is 0.339 e. The molecule has 7 heteroatoms. The smallest absolute Gasteiger partial charge is 0.329 e. The number of hydrogen-bond acceptors (Lipinski definition) is 4. The molecule has 6 N–H and O–H groups in total. The summed E-state index contributed by atoms with van der Waals surface area (Å²) in [7, 11) is -3.88. The maximum atomic E-state index is 10.3. The Morgan fingerprint density at radius 1 is 1.17 bits per heavy atom. The summed E-state index contributed by atoms with van der Waals surface area (Å²) in [6.07, 6.45) is -0.267. The third-order valence-corrected chi connectivity index (χ3v) is 1.75. The Morgan fingerprint density at radius 2 is 1.75 bits per heavy atom. The van der Waals surface area contributed by atoms with Crippen molar-refractivity contribution in [3.05, 3.63) is 0 Å². The lowest BCUT2D eigenvalue weighted by Crippen LogP contribution is -2.31. The highest BCUT2D eigenvalue weighted by Gasteiger charge is 2.10. The molecular formula is C5H16N3O3P. The molecule has 0 fully saturated rings. The van der Waals surface area contributed by atoms with E-state index in [1.807, 2.05) is 0 Å². The number of rotatable bonds is 7. The molecule has 0 aromatic rings. The normalized spacial score (nSPS) is 11.9. The van der Waals surface area contributed by atoms with Gasteiger partial charge in [0.05, 0.1) is 6.29 Å². The summed E-state index contributed by atoms with van der Waals surface area (Å²) in [5.74, 6) is 0. The zero-order chi connectivity index (χ0) is 9.45. The predicted octanol–water partition coefficient (Wildman–Crippen LogP) is -1.74. The lowest BCUT2D eigenvalue weighted by Gasteiger charge is -2.06. The van der Waals surface area contributed by atoms with Crippen molar-refractivity contribution in [1.29, 1.82) is 0 Å². The molecule has 0 spiro atoms. The van der Waals surface area contributed by atoms with Gasteiger partial charge in [0.2, 0.25) is 0 Å². The van der Waals surface area contributed by atoms with Crippen LogP contribution in [0.25, 0.3) is 0 Å². The van der Waals surface area contributed by atoms with Crippen molar-refractivity contribution in [1.82, 2.24) is 10.6 Å². The van der Waals surface area contributed by atoms with E-state index in [1.54, 1.807) is 0 Å². The fourth-order valence-electron chi connectivity index (χ4n) is 0.629. The van der Waals surface area contributed by atoms with Crippen LogP contribution in [0.5, 0.6) is 0 Å². The largest absolute Gasteiger partial charge is 0.339 e. The Morgan fingerprint density at radius 3 is 2.25 bits per heavy atom. The molecule has 6 nitrogen and oxygen atoms in total. The summed E-state index contributed by atoms with van der Waals surface area (Å²) in [6.45, 7) is 2.48. The van der Waals surface area contributed by atoms with E-state index in [0.29, 0.717) is 19.6 Å². The molecular weight excluding hydrogens is 181 g/mol. The molecule has 0 aliphatic rings. The first-order valence-corrected chi connectivity index (χ1v) is 5.52. The van der Waals surface area contributed by atoms with Crippen molar-refractivity contribution >= 4 is 7.60 Å². The monoisotopic (exact) mass is 197 g/mol. The van der Waals surface area contributed by atoms with Gasteiger partial charge in [-0.2, -0.15) is 0 Å². The van der Waals surface area contributed by atoms with Crippen molar-refractivity contribution in [3.63, 3.8) is 0 Å². The first-order valence-electron chi connectivity index (χ1n) is 3.72. The quantitative estimate of drug-likeness (QED) is 0.245. The third kappa shape index (κ3) is 10.0. The fraction of sp³-hybridized carbons (Fsp3) is 1.00. The van der Waals surface area contributed by atoms with E-state index >= 15 is 0 Å². The zero-order valence-corrected chi connectivity index (χ0v) is 7.76. The molecule has 0 saturated heterocycles. The van der Waals surface area contributed by atoms with Crippen LogP contribution in [0, 0.1) is 0 Å². The standard InChI is InChI=1S/C5H16N3O3P/c6-1-2-7-3-4-8-5-12(9,10)11/h7-8H,1-6H2,(H2,9,10,11). The molecule has 0 aromatic carbocycles. The van der Waals surface area contributed by atoms with E-state index in [4.69, 9.17) is 15.5 Å². The highest BCUT2D eigenvalue weighted by molar-refractivity contribution is 7.51. The molecule has 0 rings (SSSR count). The Hall–Kier alpha value is 0.0300. The van der Waals surface area contributed by atoms with Crippen molar-refractivity contribution in [2.24, 2.45) is 5.73 Å². The van der Waals surface area contributed by atoms with Crippen LogP contribution in [0.4, 0.5) is 0 Å². The summed E-state index contributed by atoms with van der Waals surface area (Å²) in [4.78, 5) is 16.9. The van der Waals surface area contributed by atoms with Crippen LogP contribution in [0.2, 0.25) is 0 Å². The van der Waals surface area contributed by atoms with Gasteiger partial charge in [0, 0.05) is 26.2 Å². The van der Waals surface area contributed by atoms with Gasteiger partial charge in [-0.25, -0.2) is 0 Å². The summed E-state index contributed by atoms with van der Waals surface area (Å²) < 4.78 is 10.3. The van der Waals surface area contributed by atoms with Crippen LogP contribution >= 0.6 is 7.60 Å². The molecule has 0 aliphatic heterocycles. The zero-order valence-electron chi connectivity index (χ0n) is 6.86.